The highest BCUT2D eigenvalue weighted by Gasteiger charge is 2.47. The molecule has 2 heteroatoms. The Hall–Kier alpha value is -0.680. The van der Waals surface area contributed by atoms with Crippen LogP contribution in [0, 0.1) is 29.8 Å². The molecule has 0 aliphatic heterocycles. The molecular weight excluding hydrogens is 200 g/mol. The largest absolute Gasteiger partial charge is 0.282 e. The minimum Gasteiger partial charge on any atom is -0.282 e. The van der Waals surface area contributed by atoms with E-state index in [0.717, 1.165) is 12.3 Å². The molecule has 0 heterocycles. The van der Waals surface area contributed by atoms with Gasteiger partial charge in [0.1, 0.15) is 6.10 Å². The minimum absolute atomic E-state index is 0.199. The molecule has 0 bridgehead atoms. The Kier molecular flexibility index (Phi) is 3.44. The summed E-state index contributed by atoms with van der Waals surface area (Å²) in [6.07, 6.45) is 15.1. The zero-order valence-electron chi connectivity index (χ0n) is 10.4. The van der Waals surface area contributed by atoms with Gasteiger partial charge in [-0.05, 0) is 36.5 Å². The molecule has 2 saturated carbocycles. The Labute approximate surface area is 98.6 Å². The van der Waals surface area contributed by atoms with Crippen LogP contribution in [0.5, 0.6) is 0 Å². The Morgan fingerprint density at radius 3 is 2.62 bits per heavy atom. The van der Waals surface area contributed by atoms with E-state index in [-0.39, 0.29) is 6.10 Å². The Morgan fingerprint density at radius 1 is 1.25 bits per heavy atom. The number of fused-ring (bicyclic) bond motifs is 1. The van der Waals surface area contributed by atoms with Crippen LogP contribution in [0.2, 0.25) is 0 Å². The topological polar surface area (TPSA) is 18.5 Å². The fraction of sp³-hybridized carbons (Fsp3) is 0.857. The summed E-state index contributed by atoms with van der Waals surface area (Å²) in [7, 11) is 0. The minimum atomic E-state index is 0.199. The molecule has 0 aromatic carbocycles. The van der Waals surface area contributed by atoms with E-state index in [1.165, 1.54) is 32.1 Å². The molecule has 0 aromatic heterocycles. The molecule has 0 amide bonds. The maximum Gasteiger partial charge on any atom is 0.153 e. The second-order valence-corrected chi connectivity index (χ2v) is 5.78. The Balaban J connectivity index is 2.11. The number of hydrogen-bond donors (Lipinski definition) is 0. The molecule has 2 nitrogen and oxygen atoms in total. The first-order valence-electron chi connectivity index (χ1n) is 6.45. The van der Waals surface area contributed by atoms with Crippen molar-refractivity contribution in [1.29, 1.82) is 0 Å². The molecule has 2 rings (SSSR count). The molecule has 0 spiro atoms. The van der Waals surface area contributed by atoms with Crippen LogP contribution in [0.4, 0.5) is 0 Å². The highest BCUT2D eigenvalue weighted by atomic mass is 17.2. The first kappa shape index (κ1) is 11.8. The van der Waals surface area contributed by atoms with Crippen LogP contribution in [-0.2, 0) is 9.78 Å². The quantitative estimate of drug-likeness (QED) is 0.404. The van der Waals surface area contributed by atoms with Gasteiger partial charge in [-0.25, -0.2) is 0 Å². The molecule has 2 aliphatic carbocycles. The average molecular weight is 222 g/mol. The lowest BCUT2D eigenvalue weighted by atomic mass is 9.56. The lowest BCUT2D eigenvalue weighted by molar-refractivity contribution is -0.306. The van der Waals surface area contributed by atoms with Crippen molar-refractivity contribution < 1.29 is 9.78 Å². The zero-order chi connectivity index (χ0) is 11.6. The summed E-state index contributed by atoms with van der Waals surface area (Å²) in [5, 5.41) is 0. The fourth-order valence-corrected chi connectivity index (χ4v) is 4.05. The van der Waals surface area contributed by atoms with Gasteiger partial charge in [-0.2, -0.15) is 4.89 Å². The van der Waals surface area contributed by atoms with E-state index >= 15 is 0 Å². The lowest BCUT2D eigenvalue weighted by Crippen LogP contribution is -2.47. The van der Waals surface area contributed by atoms with Gasteiger partial charge < -0.3 is 0 Å². The molecule has 0 saturated heterocycles. The maximum atomic E-state index is 5.40. The third-order valence-electron chi connectivity index (χ3n) is 4.68. The average Bonchev–Trinajstić information content (AvgIpc) is 2.25. The molecule has 2 fully saturated rings. The van der Waals surface area contributed by atoms with Crippen LogP contribution in [0.3, 0.4) is 0 Å². The standard InChI is InChI=1S/C14H22O2/c1-4-15-16-12-8-6-10-14(3)9-5-7-11(2)13(12)14/h1,11-13H,5-10H2,2-3H3. The van der Waals surface area contributed by atoms with E-state index in [4.69, 9.17) is 16.2 Å². The smallest absolute Gasteiger partial charge is 0.153 e. The van der Waals surface area contributed by atoms with Gasteiger partial charge in [0.15, 0.2) is 6.11 Å². The van der Waals surface area contributed by atoms with E-state index in [2.05, 4.69) is 20.0 Å². The van der Waals surface area contributed by atoms with E-state index in [9.17, 15) is 0 Å². The predicted molar refractivity (Wildman–Crippen MR) is 63.3 cm³/mol. The summed E-state index contributed by atoms with van der Waals surface area (Å²) < 4.78 is 0. The van der Waals surface area contributed by atoms with Crippen LogP contribution in [0.1, 0.15) is 52.4 Å². The fourth-order valence-electron chi connectivity index (χ4n) is 4.05. The molecule has 0 radical (unpaired) electrons. The second kappa shape index (κ2) is 4.67. The summed E-state index contributed by atoms with van der Waals surface area (Å²) in [6, 6.07) is 0. The third kappa shape index (κ3) is 2.06. The van der Waals surface area contributed by atoms with Crippen molar-refractivity contribution in [3.63, 3.8) is 0 Å². The molecule has 4 unspecified atom stereocenters. The van der Waals surface area contributed by atoms with E-state index < -0.39 is 0 Å². The van der Waals surface area contributed by atoms with Crippen molar-refractivity contribution in [2.75, 3.05) is 0 Å². The van der Waals surface area contributed by atoms with Gasteiger partial charge in [0.2, 0.25) is 0 Å². The van der Waals surface area contributed by atoms with E-state index in [1.54, 1.807) is 0 Å². The molecule has 2 aliphatic rings. The molecular formula is C14H22O2. The van der Waals surface area contributed by atoms with Crippen molar-refractivity contribution in [3.8, 4) is 12.5 Å². The van der Waals surface area contributed by atoms with Gasteiger partial charge >= 0.3 is 0 Å². The zero-order valence-corrected chi connectivity index (χ0v) is 10.4. The summed E-state index contributed by atoms with van der Waals surface area (Å²) in [6.45, 7) is 4.76. The molecule has 16 heavy (non-hydrogen) atoms. The van der Waals surface area contributed by atoms with Gasteiger partial charge in [0, 0.05) is 0 Å². The molecule has 4 atom stereocenters. The van der Waals surface area contributed by atoms with Gasteiger partial charge in [-0.3, -0.25) is 4.89 Å². The SMILES string of the molecule is C#COOC1CCCC2(C)CCCC(C)C12. The van der Waals surface area contributed by atoms with Gasteiger partial charge in [0.05, 0.1) is 0 Å². The van der Waals surface area contributed by atoms with Crippen LogP contribution < -0.4 is 0 Å². The second-order valence-electron chi connectivity index (χ2n) is 5.78. The summed E-state index contributed by atoms with van der Waals surface area (Å²) in [4.78, 5) is 10.1. The van der Waals surface area contributed by atoms with E-state index in [0.29, 0.717) is 11.3 Å². The molecule has 90 valence electrons. The summed E-state index contributed by atoms with van der Waals surface area (Å²) >= 11 is 0. The first-order valence-corrected chi connectivity index (χ1v) is 6.45. The van der Waals surface area contributed by atoms with Crippen molar-refractivity contribution in [2.45, 2.75) is 58.5 Å². The van der Waals surface area contributed by atoms with Crippen LogP contribution >= 0.6 is 0 Å². The summed E-state index contributed by atoms with van der Waals surface area (Å²) in [5.41, 5.74) is 0.443. The number of terminal acetylenes is 1. The third-order valence-corrected chi connectivity index (χ3v) is 4.68. The lowest BCUT2D eigenvalue weighted by Gasteiger charge is -2.51. The van der Waals surface area contributed by atoms with Crippen molar-refractivity contribution in [3.05, 3.63) is 0 Å². The highest BCUT2D eigenvalue weighted by molar-refractivity contribution is 4.96. The monoisotopic (exact) mass is 222 g/mol. The molecule has 0 N–H and O–H groups in total. The molecule has 0 aromatic rings. The normalized spacial score (nSPS) is 43.2. The van der Waals surface area contributed by atoms with Crippen molar-refractivity contribution in [1.82, 2.24) is 0 Å². The highest BCUT2D eigenvalue weighted by Crippen LogP contribution is 2.53. The predicted octanol–water partition coefficient (Wildman–Crippen LogP) is 3.52. The Bertz CT molecular complexity index is 277. The maximum absolute atomic E-state index is 5.40. The Morgan fingerprint density at radius 2 is 1.94 bits per heavy atom. The van der Waals surface area contributed by atoms with Gasteiger partial charge in [0.25, 0.3) is 0 Å². The van der Waals surface area contributed by atoms with Crippen LogP contribution in [0.25, 0.3) is 0 Å². The summed E-state index contributed by atoms with van der Waals surface area (Å²) in [5.74, 6) is 1.34. The van der Waals surface area contributed by atoms with Crippen LogP contribution in [0.15, 0.2) is 0 Å². The van der Waals surface area contributed by atoms with Gasteiger partial charge in [-0.1, -0.05) is 39.5 Å². The first-order chi connectivity index (χ1) is 7.67. The van der Waals surface area contributed by atoms with Gasteiger partial charge in [-0.15, -0.1) is 0 Å². The number of rotatable bonds is 2. The van der Waals surface area contributed by atoms with Crippen molar-refractivity contribution in [2.24, 2.45) is 17.3 Å². The van der Waals surface area contributed by atoms with Crippen molar-refractivity contribution >= 4 is 0 Å². The number of hydrogen-bond acceptors (Lipinski definition) is 2. The van der Waals surface area contributed by atoms with E-state index in [1.807, 2.05) is 0 Å². The van der Waals surface area contributed by atoms with Crippen LogP contribution in [-0.4, -0.2) is 6.10 Å².